The van der Waals surface area contributed by atoms with Crippen molar-refractivity contribution in [3.63, 3.8) is 0 Å². The zero-order chi connectivity index (χ0) is 10.7. The van der Waals surface area contributed by atoms with Gasteiger partial charge in [0.25, 0.3) is 0 Å². The van der Waals surface area contributed by atoms with E-state index in [0.717, 1.165) is 0 Å². The number of aliphatic imine (C=N–C) groups is 1. The van der Waals surface area contributed by atoms with Crippen molar-refractivity contribution in [2.75, 3.05) is 13.2 Å². The van der Waals surface area contributed by atoms with Gasteiger partial charge in [-0.25, -0.2) is 0 Å². The molecule has 1 N–H and O–H groups in total. The van der Waals surface area contributed by atoms with Crippen LogP contribution in [0.5, 0.6) is 0 Å². The van der Waals surface area contributed by atoms with Gasteiger partial charge < -0.3 is 5.11 Å². The van der Waals surface area contributed by atoms with Crippen LogP contribution in [0.1, 0.15) is 41.5 Å². The molecule has 0 aliphatic rings. The zero-order valence-corrected chi connectivity index (χ0v) is 9.81. The van der Waals surface area contributed by atoms with E-state index < -0.39 is 0 Å². The van der Waals surface area contributed by atoms with Crippen LogP contribution in [0.4, 0.5) is 0 Å². The van der Waals surface area contributed by atoms with Crippen molar-refractivity contribution < 1.29 is 5.11 Å². The summed E-state index contributed by atoms with van der Waals surface area (Å²) in [7, 11) is 0. The lowest BCUT2D eigenvalue weighted by Crippen LogP contribution is -2.33. The molecule has 0 spiro atoms. The van der Waals surface area contributed by atoms with Gasteiger partial charge in [-0.3, -0.25) is 4.99 Å². The summed E-state index contributed by atoms with van der Waals surface area (Å²) in [6.45, 7) is 13.6. The predicted octanol–water partition coefficient (Wildman–Crippen LogP) is 2.51. The summed E-state index contributed by atoms with van der Waals surface area (Å²) in [5.74, 6) is 0. The third-order valence-corrected chi connectivity index (χ3v) is 1.79. The molecular weight excluding hydrogens is 162 g/mol. The maximum Gasteiger partial charge on any atom is 0.0626 e. The monoisotopic (exact) mass is 185 g/mol. The van der Waals surface area contributed by atoms with Crippen LogP contribution in [0, 0.1) is 10.8 Å². The third-order valence-electron chi connectivity index (χ3n) is 1.79. The van der Waals surface area contributed by atoms with Gasteiger partial charge in [-0.2, -0.15) is 0 Å². The number of rotatable bonds is 2. The van der Waals surface area contributed by atoms with Gasteiger partial charge in [0.2, 0.25) is 0 Å². The summed E-state index contributed by atoms with van der Waals surface area (Å²) in [4.78, 5) is 4.45. The van der Waals surface area contributed by atoms with Crippen molar-refractivity contribution in [2.24, 2.45) is 15.8 Å². The van der Waals surface area contributed by atoms with Crippen molar-refractivity contribution in [1.82, 2.24) is 0 Å². The molecule has 0 amide bonds. The van der Waals surface area contributed by atoms with Gasteiger partial charge in [-0.05, 0) is 0 Å². The molecule has 0 saturated heterocycles. The minimum absolute atomic E-state index is 0.0907. The molecule has 13 heavy (non-hydrogen) atoms. The minimum Gasteiger partial charge on any atom is -0.394 e. The van der Waals surface area contributed by atoms with Crippen molar-refractivity contribution in [3.05, 3.63) is 0 Å². The molecule has 0 saturated carbocycles. The summed E-state index contributed by atoms with van der Waals surface area (Å²) < 4.78 is 0. The minimum atomic E-state index is 0.0907. The van der Waals surface area contributed by atoms with Gasteiger partial charge >= 0.3 is 0 Å². The van der Waals surface area contributed by atoms with Gasteiger partial charge in [-0.15, -0.1) is 0 Å². The van der Waals surface area contributed by atoms with E-state index in [0.29, 0.717) is 6.54 Å². The van der Waals surface area contributed by atoms with Crippen LogP contribution >= 0.6 is 0 Å². The SMILES string of the molecule is CC(C)(C)C(=NCCO)C(C)(C)C. The molecule has 0 aromatic heterocycles. The molecule has 0 fully saturated rings. The molecule has 0 rings (SSSR count). The molecule has 0 aromatic rings. The smallest absolute Gasteiger partial charge is 0.0626 e. The lowest BCUT2D eigenvalue weighted by Gasteiger charge is -2.32. The van der Waals surface area contributed by atoms with Crippen LogP contribution in [0.15, 0.2) is 4.99 Å². The Bertz CT molecular complexity index is 165. The Morgan fingerprint density at radius 2 is 1.38 bits per heavy atom. The first kappa shape index (κ1) is 12.6. The van der Waals surface area contributed by atoms with Crippen molar-refractivity contribution in [2.45, 2.75) is 41.5 Å². The fourth-order valence-electron chi connectivity index (χ4n) is 1.76. The first-order valence-corrected chi connectivity index (χ1v) is 4.86. The topological polar surface area (TPSA) is 32.6 Å². The molecule has 78 valence electrons. The van der Waals surface area contributed by atoms with Crippen LogP contribution in [0.2, 0.25) is 0 Å². The van der Waals surface area contributed by atoms with Crippen LogP contribution in [0.25, 0.3) is 0 Å². The second-order valence-corrected chi connectivity index (χ2v) is 5.45. The standard InChI is InChI=1S/C11H23NO/c1-10(2,3)9(11(4,5)6)12-7-8-13/h13H,7-8H2,1-6H3. The van der Waals surface area contributed by atoms with Crippen molar-refractivity contribution in [1.29, 1.82) is 0 Å². The highest BCUT2D eigenvalue weighted by Gasteiger charge is 2.29. The van der Waals surface area contributed by atoms with Crippen molar-refractivity contribution >= 4 is 5.71 Å². The Balaban J connectivity index is 4.78. The maximum absolute atomic E-state index is 8.74. The lowest BCUT2D eigenvalue weighted by molar-refractivity contribution is 0.305. The van der Waals surface area contributed by atoms with Crippen LogP contribution in [-0.2, 0) is 0 Å². The molecule has 0 aromatic carbocycles. The van der Waals surface area contributed by atoms with E-state index >= 15 is 0 Å². The highest BCUT2D eigenvalue weighted by Crippen LogP contribution is 2.29. The van der Waals surface area contributed by atoms with Crippen LogP contribution in [-0.4, -0.2) is 24.0 Å². The van der Waals surface area contributed by atoms with E-state index in [9.17, 15) is 0 Å². The number of nitrogens with zero attached hydrogens (tertiary/aromatic N) is 1. The summed E-state index contributed by atoms with van der Waals surface area (Å²) in [5.41, 5.74) is 1.36. The molecule has 0 aliphatic carbocycles. The Hall–Kier alpha value is -0.370. The molecular formula is C11H23NO. The van der Waals surface area contributed by atoms with Gasteiger partial charge in [0.1, 0.15) is 0 Å². The largest absolute Gasteiger partial charge is 0.394 e. The highest BCUT2D eigenvalue weighted by molar-refractivity contribution is 5.93. The van der Waals surface area contributed by atoms with Gasteiger partial charge in [0.05, 0.1) is 13.2 Å². The Morgan fingerprint density at radius 3 is 1.62 bits per heavy atom. The van der Waals surface area contributed by atoms with Gasteiger partial charge in [-0.1, -0.05) is 41.5 Å². The highest BCUT2D eigenvalue weighted by atomic mass is 16.3. The lowest BCUT2D eigenvalue weighted by atomic mass is 9.75. The Morgan fingerprint density at radius 1 is 1.00 bits per heavy atom. The quantitative estimate of drug-likeness (QED) is 0.659. The van der Waals surface area contributed by atoms with Gasteiger partial charge in [0.15, 0.2) is 0 Å². The second kappa shape index (κ2) is 4.23. The van der Waals surface area contributed by atoms with E-state index in [4.69, 9.17) is 5.11 Å². The molecule has 0 heterocycles. The number of aliphatic hydroxyl groups excluding tert-OH is 1. The normalized spacial score (nSPS) is 12.8. The maximum atomic E-state index is 8.74. The van der Waals surface area contributed by atoms with Crippen LogP contribution < -0.4 is 0 Å². The molecule has 0 radical (unpaired) electrons. The van der Waals surface area contributed by atoms with E-state index in [1.807, 2.05) is 0 Å². The van der Waals surface area contributed by atoms with E-state index in [2.05, 4.69) is 46.5 Å². The summed E-state index contributed by atoms with van der Waals surface area (Å²) in [5, 5.41) is 8.74. The first-order chi connectivity index (χ1) is 5.69. The average molecular weight is 185 g/mol. The van der Waals surface area contributed by atoms with Crippen LogP contribution in [0.3, 0.4) is 0 Å². The number of hydrogen-bond acceptors (Lipinski definition) is 2. The van der Waals surface area contributed by atoms with E-state index in [1.54, 1.807) is 0 Å². The molecule has 0 atom stereocenters. The fraction of sp³-hybridized carbons (Fsp3) is 0.909. The molecule has 0 unspecified atom stereocenters. The van der Waals surface area contributed by atoms with E-state index in [-0.39, 0.29) is 17.4 Å². The Kier molecular flexibility index (Phi) is 4.11. The van der Waals surface area contributed by atoms with Crippen molar-refractivity contribution in [3.8, 4) is 0 Å². The predicted molar refractivity (Wildman–Crippen MR) is 58.3 cm³/mol. The third kappa shape index (κ3) is 4.41. The summed E-state index contributed by atoms with van der Waals surface area (Å²) in [6.07, 6.45) is 0. The number of aliphatic hydroxyl groups is 1. The van der Waals surface area contributed by atoms with Gasteiger partial charge in [0, 0.05) is 16.5 Å². The zero-order valence-electron chi connectivity index (χ0n) is 9.81. The second-order valence-electron chi connectivity index (χ2n) is 5.45. The molecule has 0 bridgehead atoms. The Labute approximate surface area is 82.1 Å². The fourth-order valence-corrected chi connectivity index (χ4v) is 1.76. The summed E-state index contributed by atoms with van der Waals surface area (Å²) in [6, 6.07) is 0. The molecule has 2 heteroatoms. The average Bonchev–Trinajstić information content (AvgIpc) is 1.81. The molecule has 2 nitrogen and oxygen atoms in total. The molecule has 0 aliphatic heterocycles. The number of hydrogen-bond donors (Lipinski definition) is 1. The summed E-state index contributed by atoms with van der Waals surface area (Å²) >= 11 is 0. The van der Waals surface area contributed by atoms with E-state index in [1.165, 1.54) is 5.71 Å². The first-order valence-electron chi connectivity index (χ1n) is 4.86.